The second-order valence-corrected chi connectivity index (χ2v) is 8.40. The number of aryl methyl sites for hydroxylation is 1. The van der Waals surface area contributed by atoms with Crippen molar-refractivity contribution in [1.82, 2.24) is 4.90 Å². The molecule has 1 aliphatic heterocycles. The second kappa shape index (κ2) is 10.4. The third-order valence-electron chi connectivity index (χ3n) is 6.03. The highest BCUT2D eigenvalue weighted by atomic mass is 19.1. The molecule has 3 aromatic rings. The number of ether oxygens (including phenoxy) is 1. The van der Waals surface area contributed by atoms with Crippen LogP contribution in [0, 0.1) is 22.9 Å². The number of carbonyl (C=O) groups excluding carboxylic acids is 2. The summed E-state index contributed by atoms with van der Waals surface area (Å²) in [6.45, 7) is 2.63. The number of methoxy groups -OCH3 is 1. The zero-order valence-corrected chi connectivity index (χ0v) is 19.9. The summed E-state index contributed by atoms with van der Waals surface area (Å²) in [6.07, 6.45) is 0.660. The topological polar surface area (TPSA) is 105 Å². The van der Waals surface area contributed by atoms with E-state index in [1.807, 2.05) is 0 Å². The lowest BCUT2D eigenvalue weighted by Gasteiger charge is -2.36. The van der Waals surface area contributed by atoms with Crippen LogP contribution in [0.25, 0.3) is 0 Å². The van der Waals surface area contributed by atoms with E-state index >= 15 is 0 Å². The Hall–Kier alpha value is -4.47. The number of carbonyl (C=O) groups is 2. The van der Waals surface area contributed by atoms with E-state index in [1.54, 1.807) is 48.2 Å². The zero-order chi connectivity index (χ0) is 25.8. The third-order valence-corrected chi connectivity index (χ3v) is 6.03. The Morgan fingerprint density at radius 2 is 1.92 bits per heavy atom. The predicted octanol–water partition coefficient (Wildman–Crippen LogP) is 5.14. The summed E-state index contributed by atoms with van der Waals surface area (Å²) in [5.41, 5.74) is 1.70. The number of nitro groups is 1. The quantitative estimate of drug-likeness (QED) is 0.363. The summed E-state index contributed by atoms with van der Waals surface area (Å²) in [5.74, 6) is -0.471. The number of nitro benzene ring substituents is 1. The van der Waals surface area contributed by atoms with E-state index in [9.17, 15) is 24.1 Å². The Morgan fingerprint density at radius 1 is 1.14 bits per heavy atom. The normalized spacial score (nSPS) is 13.5. The van der Waals surface area contributed by atoms with Gasteiger partial charge in [-0.05, 0) is 43.7 Å². The summed E-state index contributed by atoms with van der Waals surface area (Å²) in [4.78, 5) is 39.9. The van der Waals surface area contributed by atoms with Gasteiger partial charge in [0.25, 0.3) is 11.6 Å². The number of nitrogens with zero attached hydrogens (tertiary/aromatic N) is 3. The molecular weight excluding hydrogens is 467 g/mol. The van der Waals surface area contributed by atoms with Crippen molar-refractivity contribution in [3.8, 4) is 5.75 Å². The molecule has 0 saturated carbocycles. The molecule has 186 valence electrons. The minimum atomic E-state index is -0.535. The molecular formula is C26H25FN4O5. The van der Waals surface area contributed by atoms with Crippen molar-refractivity contribution >= 4 is 29.0 Å². The Balaban J connectivity index is 1.57. The first kappa shape index (κ1) is 24.6. The predicted molar refractivity (Wildman–Crippen MR) is 133 cm³/mol. The van der Waals surface area contributed by atoms with Gasteiger partial charge in [-0.15, -0.1) is 0 Å². The first-order chi connectivity index (χ1) is 17.3. The Kier molecular flexibility index (Phi) is 7.14. The fraction of sp³-hybridized carbons (Fsp3) is 0.231. The Bertz CT molecular complexity index is 1330. The first-order valence-electron chi connectivity index (χ1n) is 11.3. The van der Waals surface area contributed by atoms with Crippen LogP contribution in [0.15, 0.2) is 60.7 Å². The smallest absolute Gasteiger partial charge is 0.324 e. The number of nitrogens with one attached hydrogen (secondary N) is 1. The van der Waals surface area contributed by atoms with Gasteiger partial charge in [0.05, 0.1) is 24.3 Å². The largest absolute Gasteiger partial charge is 0.495 e. The standard InChI is InChI=1S/C26H25FN4O5/c1-17-8-9-18(14-22(17)31(34)35)25(32)28-20-10-11-24(36-2)23(15-20)30-13-5-12-29(26(30)33)16-19-6-3-4-7-21(19)27/h3-4,6-11,14-15H,5,12-13,16H2,1-2H3,(H,28,32). The van der Waals surface area contributed by atoms with Crippen molar-refractivity contribution in [3.05, 3.63) is 93.3 Å². The number of anilines is 2. The highest BCUT2D eigenvalue weighted by molar-refractivity contribution is 6.05. The molecule has 0 unspecified atom stereocenters. The molecule has 1 fully saturated rings. The van der Waals surface area contributed by atoms with Crippen molar-refractivity contribution in [2.24, 2.45) is 0 Å². The molecule has 4 rings (SSSR count). The van der Waals surface area contributed by atoms with Gasteiger partial charge in [-0.1, -0.05) is 24.3 Å². The van der Waals surface area contributed by atoms with Gasteiger partial charge in [0, 0.05) is 41.5 Å². The van der Waals surface area contributed by atoms with Crippen LogP contribution in [-0.4, -0.2) is 42.0 Å². The van der Waals surface area contributed by atoms with Gasteiger partial charge in [0.1, 0.15) is 11.6 Å². The van der Waals surface area contributed by atoms with Crippen LogP contribution in [0.3, 0.4) is 0 Å². The van der Waals surface area contributed by atoms with Gasteiger partial charge in [-0.2, -0.15) is 0 Å². The van der Waals surface area contributed by atoms with Crippen molar-refractivity contribution in [3.63, 3.8) is 0 Å². The fourth-order valence-electron chi connectivity index (χ4n) is 4.11. The van der Waals surface area contributed by atoms with E-state index in [0.29, 0.717) is 47.8 Å². The highest BCUT2D eigenvalue weighted by Crippen LogP contribution is 2.34. The lowest BCUT2D eigenvalue weighted by Crippen LogP contribution is -2.49. The van der Waals surface area contributed by atoms with Gasteiger partial charge in [-0.3, -0.25) is 19.8 Å². The molecule has 0 aromatic heterocycles. The van der Waals surface area contributed by atoms with Crippen LogP contribution in [0.4, 0.5) is 26.2 Å². The minimum Gasteiger partial charge on any atom is -0.495 e. The molecule has 0 atom stereocenters. The molecule has 0 bridgehead atoms. The van der Waals surface area contributed by atoms with Crippen molar-refractivity contribution < 1.29 is 23.6 Å². The molecule has 0 radical (unpaired) electrons. The number of amides is 3. The highest BCUT2D eigenvalue weighted by Gasteiger charge is 2.29. The number of benzene rings is 3. The van der Waals surface area contributed by atoms with Crippen LogP contribution >= 0.6 is 0 Å². The molecule has 9 nitrogen and oxygen atoms in total. The lowest BCUT2D eigenvalue weighted by molar-refractivity contribution is -0.385. The Morgan fingerprint density at radius 3 is 2.64 bits per heavy atom. The summed E-state index contributed by atoms with van der Waals surface area (Å²) in [7, 11) is 1.48. The summed E-state index contributed by atoms with van der Waals surface area (Å²) in [6, 6.07) is 15.1. The van der Waals surface area contributed by atoms with E-state index in [-0.39, 0.29) is 29.6 Å². The number of hydrogen-bond acceptors (Lipinski definition) is 5. The van der Waals surface area contributed by atoms with Gasteiger partial charge in [0.15, 0.2) is 0 Å². The van der Waals surface area contributed by atoms with Crippen LogP contribution in [0.2, 0.25) is 0 Å². The van der Waals surface area contributed by atoms with Crippen LogP contribution in [-0.2, 0) is 6.54 Å². The van der Waals surface area contributed by atoms with E-state index in [1.165, 1.54) is 36.3 Å². The van der Waals surface area contributed by atoms with Crippen molar-refractivity contribution in [1.29, 1.82) is 0 Å². The third kappa shape index (κ3) is 5.12. The molecule has 0 spiro atoms. The van der Waals surface area contributed by atoms with E-state index in [2.05, 4.69) is 5.32 Å². The van der Waals surface area contributed by atoms with Crippen molar-refractivity contribution in [2.75, 3.05) is 30.4 Å². The average Bonchev–Trinajstić information content (AvgIpc) is 2.86. The van der Waals surface area contributed by atoms with Crippen LogP contribution in [0.5, 0.6) is 5.75 Å². The van der Waals surface area contributed by atoms with E-state index in [0.717, 1.165) is 0 Å². The fourth-order valence-corrected chi connectivity index (χ4v) is 4.11. The molecule has 10 heteroatoms. The maximum atomic E-state index is 14.2. The zero-order valence-electron chi connectivity index (χ0n) is 19.9. The van der Waals surface area contributed by atoms with E-state index < -0.39 is 10.8 Å². The average molecular weight is 493 g/mol. The molecule has 36 heavy (non-hydrogen) atoms. The minimum absolute atomic E-state index is 0.132. The summed E-state index contributed by atoms with van der Waals surface area (Å²) < 4.78 is 19.6. The van der Waals surface area contributed by atoms with Crippen LogP contribution < -0.4 is 15.0 Å². The van der Waals surface area contributed by atoms with Gasteiger partial charge < -0.3 is 15.0 Å². The monoisotopic (exact) mass is 492 g/mol. The maximum Gasteiger partial charge on any atom is 0.324 e. The summed E-state index contributed by atoms with van der Waals surface area (Å²) >= 11 is 0. The molecule has 3 aromatic carbocycles. The van der Waals surface area contributed by atoms with Gasteiger partial charge in [-0.25, -0.2) is 9.18 Å². The van der Waals surface area contributed by atoms with Crippen molar-refractivity contribution in [2.45, 2.75) is 19.9 Å². The number of urea groups is 1. The molecule has 0 aliphatic carbocycles. The maximum absolute atomic E-state index is 14.2. The Labute approximate surface area is 207 Å². The molecule has 1 aliphatic rings. The van der Waals surface area contributed by atoms with E-state index in [4.69, 9.17) is 4.74 Å². The number of halogens is 1. The number of hydrogen-bond donors (Lipinski definition) is 1. The SMILES string of the molecule is COc1ccc(NC(=O)c2ccc(C)c([N+](=O)[O-])c2)cc1N1CCCN(Cc2ccccc2F)C1=O. The lowest BCUT2D eigenvalue weighted by atomic mass is 10.1. The van der Waals surface area contributed by atoms with Gasteiger partial charge >= 0.3 is 6.03 Å². The molecule has 1 heterocycles. The molecule has 1 saturated heterocycles. The molecule has 1 N–H and O–H groups in total. The number of rotatable bonds is 7. The summed E-state index contributed by atoms with van der Waals surface area (Å²) in [5, 5.41) is 14.0. The van der Waals surface area contributed by atoms with Gasteiger partial charge in [0.2, 0.25) is 0 Å². The van der Waals surface area contributed by atoms with Crippen LogP contribution in [0.1, 0.15) is 27.9 Å². The second-order valence-electron chi connectivity index (χ2n) is 8.40. The molecule has 3 amide bonds. The first-order valence-corrected chi connectivity index (χ1v) is 11.3.